The number of aliphatic hydroxyl groups excluding tert-OH is 1. The minimum atomic E-state index is -0.268. The van der Waals surface area contributed by atoms with Crippen LogP contribution in [-0.2, 0) is 0 Å². The molecule has 0 saturated carbocycles. The summed E-state index contributed by atoms with van der Waals surface area (Å²) >= 11 is 0. The second-order valence-electron chi connectivity index (χ2n) is 4.75. The predicted octanol–water partition coefficient (Wildman–Crippen LogP) is 2.05. The van der Waals surface area contributed by atoms with Crippen LogP contribution in [0.2, 0.25) is 0 Å². The van der Waals surface area contributed by atoms with Gasteiger partial charge in [0.05, 0.1) is 23.7 Å². The quantitative estimate of drug-likeness (QED) is 0.856. The van der Waals surface area contributed by atoms with Crippen LogP contribution in [0.1, 0.15) is 19.3 Å². The maximum Gasteiger partial charge on any atom is 0.204 e. The Morgan fingerprint density at radius 2 is 2.33 bits per heavy atom. The Morgan fingerprint density at radius 1 is 1.44 bits per heavy atom. The summed E-state index contributed by atoms with van der Waals surface area (Å²) in [6.45, 7) is 1.01. The highest BCUT2D eigenvalue weighted by Crippen LogP contribution is 2.24. The van der Waals surface area contributed by atoms with Crippen LogP contribution in [0.5, 0.6) is 0 Å². The van der Waals surface area contributed by atoms with Crippen molar-refractivity contribution in [2.45, 2.75) is 25.3 Å². The fraction of sp³-hybridized carbons (Fsp3) is 0.462. The van der Waals surface area contributed by atoms with Crippen LogP contribution in [0.3, 0.4) is 0 Å². The topological polar surface area (TPSA) is 52.1 Å². The van der Waals surface area contributed by atoms with Gasteiger partial charge in [-0.3, -0.25) is 0 Å². The lowest BCUT2D eigenvalue weighted by atomic mass is 10.0. The number of piperidine rings is 1. The molecule has 1 aromatic heterocycles. The molecule has 0 amide bonds. The number of aliphatic hydroxyl groups is 1. The standard InChI is InChI=1S/C13H16FN3O/c14-9-4-5-11-12(7-9)16-13(15-11)17-6-2-1-3-10(17)8-18/h4-5,7,10,18H,1-3,6,8H2,(H,15,16). The Labute approximate surface area is 104 Å². The summed E-state index contributed by atoms with van der Waals surface area (Å²) in [7, 11) is 0. The van der Waals surface area contributed by atoms with Gasteiger partial charge in [0.25, 0.3) is 0 Å². The molecule has 0 aliphatic carbocycles. The molecule has 3 rings (SSSR count). The third kappa shape index (κ3) is 1.95. The smallest absolute Gasteiger partial charge is 0.204 e. The molecule has 96 valence electrons. The molecule has 1 saturated heterocycles. The van der Waals surface area contributed by atoms with Crippen molar-refractivity contribution in [1.29, 1.82) is 0 Å². The summed E-state index contributed by atoms with van der Waals surface area (Å²) in [5.74, 6) is 0.462. The third-order valence-corrected chi connectivity index (χ3v) is 3.54. The summed E-state index contributed by atoms with van der Waals surface area (Å²) in [5.41, 5.74) is 1.46. The van der Waals surface area contributed by atoms with Crippen molar-refractivity contribution in [2.24, 2.45) is 0 Å². The molecular formula is C13H16FN3O. The van der Waals surface area contributed by atoms with Gasteiger partial charge in [-0.05, 0) is 37.5 Å². The van der Waals surface area contributed by atoms with E-state index in [1.165, 1.54) is 12.1 Å². The van der Waals surface area contributed by atoms with E-state index >= 15 is 0 Å². The molecule has 2 N–H and O–H groups in total. The number of H-pyrrole nitrogens is 1. The Kier molecular flexibility index (Phi) is 2.91. The Bertz CT molecular complexity index is 554. The first-order valence-corrected chi connectivity index (χ1v) is 6.30. The lowest BCUT2D eigenvalue weighted by Crippen LogP contribution is -2.42. The van der Waals surface area contributed by atoms with Crippen molar-refractivity contribution in [3.63, 3.8) is 0 Å². The van der Waals surface area contributed by atoms with E-state index in [0.717, 1.165) is 37.3 Å². The number of aromatic amines is 1. The maximum absolute atomic E-state index is 13.1. The van der Waals surface area contributed by atoms with Gasteiger partial charge in [-0.1, -0.05) is 0 Å². The lowest BCUT2D eigenvalue weighted by molar-refractivity contribution is 0.239. The normalized spacial score (nSPS) is 20.6. The van der Waals surface area contributed by atoms with E-state index in [-0.39, 0.29) is 18.5 Å². The number of nitrogens with zero attached hydrogens (tertiary/aromatic N) is 2. The highest BCUT2D eigenvalue weighted by molar-refractivity contribution is 5.77. The summed E-state index contributed by atoms with van der Waals surface area (Å²) < 4.78 is 13.1. The molecule has 2 aromatic rings. The second kappa shape index (κ2) is 4.57. The van der Waals surface area contributed by atoms with Gasteiger partial charge in [0.2, 0.25) is 5.95 Å². The molecule has 1 aromatic carbocycles. The van der Waals surface area contributed by atoms with Crippen LogP contribution >= 0.6 is 0 Å². The monoisotopic (exact) mass is 249 g/mol. The summed E-state index contributed by atoms with van der Waals surface area (Å²) in [5, 5.41) is 9.40. The first-order chi connectivity index (χ1) is 8.78. The number of hydrogen-bond donors (Lipinski definition) is 2. The van der Waals surface area contributed by atoms with Crippen LogP contribution in [-0.4, -0.2) is 34.3 Å². The predicted molar refractivity (Wildman–Crippen MR) is 68.1 cm³/mol. The Morgan fingerprint density at radius 3 is 3.17 bits per heavy atom. The zero-order valence-corrected chi connectivity index (χ0v) is 10.1. The molecule has 2 heterocycles. The van der Waals surface area contributed by atoms with E-state index in [1.54, 1.807) is 6.07 Å². The van der Waals surface area contributed by atoms with Crippen molar-refractivity contribution in [3.8, 4) is 0 Å². The minimum absolute atomic E-state index is 0.115. The van der Waals surface area contributed by atoms with Crippen LogP contribution in [0.15, 0.2) is 18.2 Å². The van der Waals surface area contributed by atoms with Crippen LogP contribution in [0.4, 0.5) is 10.3 Å². The van der Waals surface area contributed by atoms with Crippen molar-refractivity contribution in [3.05, 3.63) is 24.0 Å². The number of benzene rings is 1. The van der Waals surface area contributed by atoms with Gasteiger partial charge in [-0.15, -0.1) is 0 Å². The minimum Gasteiger partial charge on any atom is -0.394 e. The fourth-order valence-electron chi connectivity index (χ4n) is 2.57. The van der Waals surface area contributed by atoms with Gasteiger partial charge < -0.3 is 15.0 Å². The molecule has 0 bridgehead atoms. The first kappa shape index (κ1) is 11.5. The number of rotatable bonds is 2. The number of fused-ring (bicyclic) bond motifs is 1. The molecule has 1 unspecified atom stereocenters. The van der Waals surface area contributed by atoms with Gasteiger partial charge in [0.15, 0.2) is 0 Å². The fourth-order valence-corrected chi connectivity index (χ4v) is 2.57. The largest absolute Gasteiger partial charge is 0.394 e. The SMILES string of the molecule is OCC1CCCCN1c1nc2ccc(F)cc2[nH]1. The molecule has 18 heavy (non-hydrogen) atoms. The summed E-state index contributed by atoms with van der Waals surface area (Å²) in [4.78, 5) is 9.69. The molecule has 1 aliphatic rings. The summed E-state index contributed by atoms with van der Waals surface area (Å²) in [6.07, 6.45) is 3.21. The van der Waals surface area contributed by atoms with Crippen LogP contribution in [0, 0.1) is 5.82 Å². The number of imidazole rings is 1. The summed E-state index contributed by atoms with van der Waals surface area (Å²) in [6, 6.07) is 4.64. The molecule has 0 spiro atoms. The first-order valence-electron chi connectivity index (χ1n) is 6.30. The van der Waals surface area contributed by atoms with Crippen LogP contribution < -0.4 is 4.90 Å². The van der Waals surface area contributed by atoms with Gasteiger partial charge in [-0.25, -0.2) is 9.37 Å². The van der Waals surface area contributed by atoms with E-state index in [1.807, 2.05) is 0 Å². The third-order valence-electron chi connectivity index (χ3n) is 3.54. The van der Waals surface area contributed by atoms with Crippen molar-refractivity contribution in [2.75, 3.05) is 18.1 Å². The van der Waals surface area contributed by atoms with E-state index in [2.05, 4.69) is 14.9 Å². The molecule has 1 atom stereocenters. The van der Waals surface area contributed by atoms with Gasteiger partial charge in [0, 0.05) is 6.54 Å². The zero-order valence-electron chi connectivity index (χ0n) is 10.1. The molecule has 5 heteroatoms. The van der Waals surface area contributed by atoms with Gasteiger partial charge in [-0.2, -0.15) is 0 Å². The average Bonchev–Trinajstić information content (AvgIpc) is 2.81. The van der Waals surface area contributed by atoms with E-state index < -0.39 is 0 Å². The number of hydrogen-bond acceptors (Lipinski definition) is 3. The maximum atomic E-state index is 13.1. The van der Waals surface area contributed by atoms with E-state index in [4.69, 9.17) is 0 Å². The van der Waals surface area contributed by atoms with Crippen LogP contribution in [0.25, 0.3) is 11.0 Å². The number of anilines is 1. The Balaban J connectivity index is 1.97. The highest BCUT2D eigenvalue weighted by Gasteiger charge is 2.24. The van der Waals surface area contributed by atoms with Gasteiger partial charge >= 0.3 is 0 Å². The number of nitrogens with one attached hydrogen (secondary N) is 1. The lowest BCUT2D eigenvalue weighted by Gasteiger charge is -2.34. The van der Waals surface area contributed by atoms with Crippen molar-refractivity contribution >= 4 is 17.0 Å². The molecule has 1 aliphatic heterocycles. The van der Waals surface area contributed by atoms with Gasteiger partial charge in [0.1, 0.15) is 5.82 Å². The van der Waals surface area contributed by atoms with Crippen molar-refractivity contribution in [1.82, 2.24) is 9.97 Å². The van der Waals surface area contributed by atoms with Crippen molar-refractivity contribution < 1.29 is 9.50 Å². The molecule has 0 radical (unpaired) electrons. The molecule has 1 fully saturated rings. The Hall–Kier alpha value is -1.62. The number of aromatic nitrogens is 2. The highest BCUT2D eigenvalue weighted by atomic mass is 19.1. The van der Waals surface area contributed by atoms with E-state index in [9.17, 15) is 9.50 Å². The average molecular weight is 249 g/mol. The zero-order chi connectivity index (χ0) is 12.5. The van der Waals surface area contributed by atoms with E-state index in [0.29, 0.717) is 5.52 Å². The molecular weight excluding hydrogens is 233 g/mol. The number of halogens is 1. The molecule has 4 nitrogen and oxygen atoms in total. The second-order valence-corrected chi connectivity index (χ2v) is 4.75.